The fourth-order valence-electron chi connectivity index (χ4n) is 3.15. The van der Waals surface area contributed by atoms with Crippen molar-refractivity contribution in [2.45, 2.75) is 69.6 Å². The van der Waals surface area contributed by atoms with Gasteiger partial charge in [-0.15, -0.1) is 0 Å². The van der Waals surface area contributed by atoms with Crippen molar-refractivity contribution in [1.29, 1.82) is 0 Å². The lowest BCUT2D eigenvalue weighted by molar-refractivity contribution is 0.0139. The smallest absolute Gasteiger partial charge is 0.0695 e. The minimum absolute atomic E-state index is 0.0608. The van der Waals surface area contributed by atoms with Crippen molar-refractivity contribution < 1.29 is 5.11 Å². The van der Waals surface area contributed by atoms with Crippen LogP contribution in [0.3, 0.4) is 0 Å². The van der Waals surface area contributed by atoms with Gasteiger partial charge in [-0.2, -0.15) is 0 Å². The Morgan fingerprint density at radius 3 is 2.14 bits per heavy atom. The molecule has 82 valence electrons. The van der Waals surface area contributed by atoms with E-state index in [1.165, 1.54) is 44.9 Å². The van der Waals surface area contributed by atoms with E-state index in [4.69, 9.17) is 0 Å². The van der Waals surface area contributed by atoms with Gasteiger partial charge in [0, 0.05) is 12.1 Å². The van der Waals surface area contributed by atoms with Gasteiger partial charge in [-0.25, -0.2) is 0 Å². The topological polar surface area (TPSA) is 23.5 Å². The zero-order valence-electron chi connectivity index (χ0n) is 9.28. The Bertz CT molecular complexity index is 177. The van der Waals surface area contributed by atoms with E-state index in [9.17, 15) is 5.11 Å². The molecule has 2 saturated carbocycles. The molecule has 2 aliphatic carbocycles. The molecule has 0 spiro atoms. The van der Waals surface area contributed by atoms with Gasteiger partial charge >= 0.3 is 0 Å². The lowest BCUT2D eigenvalue weighted by Gasteiger charge is -2.38. The Kier molecular flexibility index (Phi) is 3.45. The molecular weight excluding hydrogens is 174 g/mol. The van der Waals surface area contributed by atoms with Gasteiger partial charge in [0.2, 0.25) is 0 Å². The highest BCUT2D eigenvalue weighted by atomic mass is 16.3. The lowest BCUT2D eigenvalue weighted by atomic mass is 9.90. The highest BCUT2D eigenvalue weighted by molar-refractivity contribution is 4.86. The standard InChI is InChI=1S/C12H23NO/c1-13(10-6-2-3-7-10)11-8-4-5-9-12(11)14/h10-12,14H,2-9H2,1H3. The third-order valence-electron chi connectivity index (χ3n) is 4.12. The Labute approximate surface area is 87.3 Å². The quantitative estimate of drug-likeness (QED) is 0.733. The first kappa shape index (κ1) is 10.4. The maximum absolute atomic E-state index is 9.96. The first-order valence-electron chi connectivity index (χ1n) is 6.19. The van der Waals surface area contributed by atoms with E-state index < -0.39 is 0 Å². The first-order valence-corrected chi connectivity index (χ1v) is 6.19. The van der Waals surface area contributed by atoms with Crippen LogP contribution in [0.5, 0.6) is 0 Å². The van der Waals surface area contributed by atoms with Crippen LogP contribution in [0.2, 0.25) is 0 Å². The van der Waals surface area contributed by atoms with Crippen LogP contribution in [0.4, 0.5) is 0 Å². The monoisotopic (exact) mass is 197 g/mol. The van der Waals surface area contributed by atoms with Gasteiger partial charge in [-0.1, -0.05) is 25.7 Å². The highest BCUT2D eigenvalue weighted by Crippen LogP contribution is 2.29. The minimum atomic E-state index is -0.0608. The number of nitrogens with zero attached hydrogens (tertiary/aromatic N) is 1. The summed E-state index contributed by atoms with van der Waals surface area (Å²) in [6, 6.07) is 1.21. The Morgan fingerprint density at radius 2 is 1.50 bits per heavy atom. The second-order valence-electron chi connectivity index (χ2n) is 5.02. The molecular formula is C12H23NO. The third-order valence-corrected chi connectivity index (χ3v) is 4.12. The van der Waals surface area contributed by atoms with Gasteiger partial charge in [-0.05, 0) is 32.7 Å². The van der Waals surface area contributed by atoms with Crippen molar-refractivity contribution >= 4 is 0 Å². The second kappa shape index (κ2) is 4.63. The maximum Gasteiger partial charge on any atom is 0.0695 e. The average molecular weight is 197 g/mol. The van der Waals surface area contributed by atoms with Crippen molar-refractivity contribution in [3.05, 3.63) is 0 Å². The summed E-state index contributed by atoms with van der Waals surface area (Å²) in [5.74, 6) is 0. The van der Waals surface area contributed by atoms with Crippen molar-refractivity contribution in [3.63, 3.8) is 0 Å². The number of likely N-dealkylation sites (N-methyl/N-ethyl adjacent to an activating group) is 1. The summed E-state index contributed by atoms with van der Waals surface area (Å²) >= 11 is 0. The van der Waals surface area contributed by atoms with Crippen molar-refractivity contribution in [3.8, 4) is 0 Å². The molecule has 14 heavy (non-hydrogen) atoms. The van der Waals surface area contributed by atoms with Crippen LogP contribution in [0.1, 0.15) is 51.4 Å². The van der Waals surface area contributed by atoms with Gasteiger partial charge < -0.3 is 5.11 Å². The molecule has 0 aromatic rings. The van der Waals surface area contributed by atoms with Crippen LogP contribution >= 0.6 is 0 Å². The SMILES string of the molecule is CN(C1CCCC1)C1CCCCC1O. The van der Waals surface area contributed by atoms with E-state index in [1.807, 2.05) is 0 Å². The molecule has 2 nitrogen and oxygen atoms in total. The summed E-state index contributed by atoms with van der Waals surface area (Å²) in [6.07, 6.45) is 10.1. The lowest BCUT2D eigenvalue weighted by Crippen LogP contribution is -2.47. The summed E-state index contributed by atoms with van der Waals surface area (Å²) in [5.41, 5.74) is 0. The number of rotatable bonds is 2. The molecule has 2 fully saturated rings. The Hall–Kier alpha value is -0.0800. The number of aliphatic hydroxyl groups is 1. The molecule has 0 heterocycles. The summed E-state index contributed by atoms with van der Waals surface area (Å²) in [7, 11) is 2.22. The number of hydrogen-bond donors (Lipinski definition) is 1. The molecule has 0 aromatic heterocycles. The van der Waals surface area contributed by atoms with Crippen LogP contribution < -0.4 is 0 Å². The molecule has 2 aliphatic rings. The summed E-state index contributed by atoms with van der Waals surface area (Å²) in [5, 5.41) is 9.96. The molecule has 0 aromatic carbocycles. The molecule has 2 rings (SSSR count). The van der Waals surface area contributed by atoms with E-state index in [0.717, 1.165) is 12.5 Å². The predicted molar refractivity (Wildman–Crippen MR) is 58.3 cm³/mol. The fraction of sp³-hybridized carbons (Fsp3) is 1.00. The molecule has 0 aliphatic heterocycles. The fourth-order valence-corrected chi connectivity index (χ4v) is 3.15. The van der Waals surface area contributed by atoms with Crippen molar-refractivity contribution in [1.82, 2.24) is 4.90 Å². The highest BCUT2D eigenvalue weighted by Gasteiger charge is 2.31. The van der Waals surface area contributed by atoms with Gasteiger partial charge in [0.05, 0.1) is 6.10 Å². The summed E-state index contributed by atoms with van der Waals surface area (Å²) in [6.45, 7) is 0. The van der Waals surface area contributed by atoms with E-state index in [-0.39, 0.29) is 6.10 Å². The summed E-state index contributed by atoms with van der Waals surface area (Å²) < 4.78 is 0. The molecule has 1 N–H and O–H groups in total. The van der Waals surface area contributed by atoms with Crippen LogP contribution in [0, 0.1) is 0 Å². The Balaban J connectivity index is 1.91. The van der Waals surface area contributed by atoms with E-state index in [2.05, 4.69) is 11.9 Å². The molecule has 0 radical (unpaired) electrons. The molecule has 2 unspecified atom stereocenters. The molecule has 0 saturated heterocycles. The van der Waals surface area contributed by atoms with Crippen molar-refractivity contribution in [2.24, 2.45) is 0 Å². The van der Waals surface area contributed by atoms with Gasteiger partial charge in [-0.3, -0.25) is 4.90 Å². The normalized spacial score (nSPS) is 35.4. The largest absolute Gasteiger partial charge is 0.391 e. The third kappa shape index (κ3) is 2.12. The van der Waals surface area contributed by atoms with Crippen LogP contribution in [-0.2, 0) is 0 Å². The average Bonchev–Trinajstić information content (AvgIpc) is 2.70. The first-order chi connectivity index (χ1) is 6.79. The molecule has 2 heteroatoms. The Morgan fingerprint density at radius 1 is 0.929 bits per heavy atom. The maximum atomic E-state index is 9.96. The van der Waals surface area contributed by atoms with Crippen LogP contribution in [-0.4, -0.2) is 35.2 Å². The molecule has 0 amide bonds. The minimum Gasteiger partial charge on any atom is -0.391 e. The zero-order valence-corrected chi connectivity index (χ0v) is 9.28. The van der Waals surface area contributed by atoms with E-state index in [0.29, 0.717) is 6.04 Å². The molecule has 2 atom stereocenters. The van der Waals surface area contributed by atoms with Gasteiger partial charge in [0.25, 0.3) is 0 Å². The van der Waals surface area contributed by atoms with E-state index >= 15 is 0 Å². The zero-order chi connectivity index (χ0) is 9.97. The van der Waals surface area contributed by atoms with Gasteiger partial charge in [0.15, 0.2) is 0 Å². The van der Waals surface area contributed by atoms with Crippen LogP contribution in [0.25, 0.3) is 0 Å². The summed E-state index contributed by atoms with van der Waals surface area (Å²) in [4.78, 5) is 2.47. The van der Waals surface area contributed by atoms with E-state index in [1.54, 1.807) is 0 Å². The van der Waals surface area contributed by atoms with Crippen molar-refractivity contribution in [2.75, 3.05) is 7.05 Å². The second-order valence-corrected chi connectivity index (χ2v) is 5.02. The van der Waals surface area contributed by atoms with Gasteiger partial charge in [0.1, 0.15) is 0 Å². The van der Waals surface area contributed by atoms with Crippen LogP contribution in [0.15, 0.2) is 0 Å². The molecule has 0 bridgehead atoms. The number of hydrogen-bond acceptors (Lipinski definition) is 2. The number of aliphatic hydroxyl groups excluding tert-OH is 1. The predicted octanol–water partition coefficient (Wildman–Crippen LogP) is 2.16.